The van der Waals surface area contributed by atoms with Crippen molar-refractivity contribution in [2.24, 2.45) is 0 Å². The summed E-state index contributed by atoms with van der Waals surface area (Å²) in [5, 5.41) is 2.02. The van der Waals surface area contributed by atoms with Gasteiger partial charge in [-0.1, -0.05) is 0 Å². The molecule has 0 aliphatic rings. The number of hydrogen-bond acceptors (Lipinski definition) is 3. The van der Waals surface area contributed by atoms with Crippen LogP contribution in [0.25, 0.3) is 11.1 Å². The van der Waals surface area contributed by atoms with E-state index < -0.39 is 0 Å². The molecule has 0 radical (unpaired) electrons. The lowest BCUT2D eigenvalue weighted by Gasteiger charge is -1.93. The number of carbonyl (C=O) groups excluding carboxylic acids is 1. The third kappa shape index (κ3) is 2.30. The molecule has 72 valence electrons. The third-order valence-corrected chi connectivity index (χ3v) is 2.71. The average Bonchev–Trinajstić information content (AvgIpc) is 2.76. The van der Waals surface area contributed by atoms with E-state index in [0.717, 1.165) is 16.0 Å². The summed E-state index contributed by atoms with van der Waals surface area (Å²) in [6.07, 6.45) is 4.11. The van der Waals surface area contributed by atoms with Crippen LogP contribution < -0.4 is 0 Å². The fourth-order valence-electron chi connectivity index (χ4n) is 1.20. The monoisotopic (exact) mass is 213 g/mol. The molecule has 2 heterocycles. The predicted octanol–water partition coefficient (Wildman–Crippen LogP) is 2.36. The van der Waals surface area contributed by atoms with E-state index >= 15 is 0 Å². The van der Waals surface area contributed by atoms with Gasteiger partial charge in [-0.15, -0.1) is 11.3 Å². The number of aldehydes is 1. The van der Waals surface area contributed by atoms with Crippen molar-refractivity contribution in [2.45, 2.75) is 0 Å². The van der Waals surface area contributed by atoms with Crippen LogP contribution in [0.2, 0.25) is 0 Å². The van der Waals surface area contributed by atoms with E-state index in [1.165, 1.54) is 11.3 Å². The van der Waals surface area contributed by atoms with Crippen LogP contribution in [-0.4, -0.2) is 11.3 Å². The summed E-state index contributed by atoms with van der Waals surface area (Å²) in [5.41, 5.74) is 2.22. The van der Waals surface area contributed by atoms with Crippen molar-refractivity contribution in [3.63, 3.8) is 0 Å². The van der Waals surface area contributed by atoms with E-state index in [4.69, 9.17) is 0 Å². The normalized spacial score (nSPS) is 9.07. The number of nitrogens with zero attached hydrogens (tertiary/aromatic N) is 1. The Hall–Kier alpha value is -1.92. The van der Waals surface area contributed by atoms with Gasteiger partial charge in [0.1, 0.15) is 0 Å². The predicted molar refractivity (Wildman–Crippen MR) is 60.5 cm³/mol. The van der Waals surface area contributed by atoms with Gasteiger partial charge in [-0.05, 0) is 46.5 Å². The Labute approximate surface area is 91.6 Å². The largest absolute Gasteiger partial charge is 0.289 e. The molecule has 15 heavy (non-hydrogen) atoms. The van der Waals surface area contributed by atoms with Gasteiger partial charge in [0, 0.05) is 12.4 Å². The van der Waals surface area contributed by atoms with Crippen molar-refractivity contribution in [1.29, 1.82) is 0 Å². The van der Waals surface area contributed by atoms with Gasteiger partial charge >= 0.3 is 0 Å². The molecule has 0 fully saturated rings. The first-order valence-electron chi connectivity index (χ1n) is 4.34. The molecule has 2 nitrogen and oxygen atoms in total. The van der Waals surface area contributed by atoms with Crippen LogP contribution in [0.3, 0.4) is 0 Å². The van der Waals surface area contributed by atoms with Crippen molar-refractivity contribution in [3.05, 3.63) is 40.8 Å². The molecule has 0 saturated carbocycles. The Kier molecular flexibility index (Phi) is 2.91. The Morgan fingerprint density at radius 1 is 1.27 bits per heavy atom. The minimum atomic E-state index is 0.603. The molecule has 0 N–H and O–H groups in total. The van der Waals surface area contributed by atoms with Crippen LogP contribution in [-0.2, 0) is 4.79 Å². The number of thiophene rings is 1. The quantitative estimate of drug-likeness (QED) is 0.537. The highest BCUT2D eigenvalue weighted by Crippen LogP contribution is 2.24. The first-order valence-corrected chi connectivity index (χ1v) is 5.22. The number of aromatic nitrogens is 1. The maximum atomic E-state index is 10.1. The first kappa shape index (κ1) is 9.63. The highest BCUT2D eigenvalue weighted by Gasteiger charge is 1.99. The molecular formula is C12H7NOS. The Morgan fingerprint density at radius 2 is 2.07 bits per heavy atom. The second-order valence-corrected chi connectivity index (χ2v) is 3.73. The molecule has 0 spiro atoms. The van der Waals surface area contributed by atoms with E-state index in [0.29, 0.717) is 6.29 Å². The van der Waals surface area contributed by atoms with Gasteiger partial charge in [-0.2, -0.15) is 0 Å². The lowest BCUT2D eigenvalue weighted by atomic mass is 10.1. The van der Waals surface area contributed by atoms with Crippen molar-refractivity contribution >= 4 is 17.6 Å². The molecule has 0 aromatic carbocycles. The van der Waals surface area contributed by atoms with Gasteiger partial charge in [0.05, 0.1) is 4.88 Å². The summed E-state index contributed by atoms with van der Waals surface area (Å²) >= 11 is 1.53. The van der Waals surface area contributed by atoms with Gasteiger partial charge < -0.3 is 0 Å². The molecule has 0 atom stereocenters. The third-order valence-electron chi connectivity index (χ3n) is 1.87. The fraction of sp³-hybridized carbons (Fsp3) is 0. The van der Waals surface area contributed by atoms with Gasteiger partial charge in [-0.25, -0.2) is 0 Å². The zero-order valence-corrected chi connectivity index (χ0v) is 8.62. The second kappa shape index (κ2) is 4.54. The summed E-state index contributed by atoms with van der Waals surface area (Å²) < 4.78 is 0. The first-order chi connectivity index (χ1) is 7.40. The standard InChI is InChI=1S/C12H7NOS/c14-7-1-2-12-8-11(9-15-12)10-3-5-13-6-4-10/h3-9H. The SMILES string of the molecule is O=CC#Cc1cc(-c2ccncc2)cs1. The number of rotatable bonds is 1. The average molecular weight is 213 g/mol. The smallest absolute Gasteiger partial charge is 0.193 e. The van der Waals surface area contributed by atoms with Crippen LogP contribution in [0, 0.1) is 11.8 Å². The van der Waals surface area contributed by atoms with Gasteiger partial charge in [0.15, 0.2) is 6.29 Å². The summed E-state index contributed by atoms with van der Waals surface area (Å²) in [4.78, 5) is 14.9. The molecule has 0 bridgehead atoms. The summed E-state index contributed by atoms with van der Waals surface area (Å²) in [6, 6.07) is 5.86. The second-order valence-electron chi connectivity index (χ2n) is 2.82. The fourth-order valence-corrected chi connectivity index (χ4v) is 1.97. The summed E-state index contributed by atoms with van der Waals surface area (Å²) in [5.74, 6) is 5.17. The number of hydrogen-bond donors (Lipinski definition) is 0. The summed E-state index contributed by atoms with van der Waals surface area (Å²) in [7, 11) is 0. The van der Waals surface area contributed by atoms with Crippen LogP contribution in [0.4, 0.5) is 0 Å². The van der Waals surface area contributed by atoms with Gasteiger partial charge in [0.2, 0.25) is 0 Å². The topological polar surface area (TPSA) is 30.0 Å². The molecule has 0 unspecified atom stereocenters. The van der Waals surface area contributed by atoms with E-state index in [9.17, 15) is 4.79 Å². The van der Waals surface area contributed by atoms with Crippen LogP contribution >= 0.6 is 11.3 Å². The van der Waals surface area contributed by atoms with E-state index in [2.05, 4.69) is 16.8 Å². The van der Waals surface area contributed by atoms with E-state index in [1.807, 2.05) is 23.6 Å². The molecule has 2 aromatic heterocycles. The van der Waals surface area contributed by atoms with Crippen LogP contribution in [0.1, 0.15) is 4.88 Å². The highest BCUT2D eigenvalue weighted by atomic mass is 32.1. The number of carbonyl (C=O) groups is 1. The Morgan fingerprint density at radius 3 is 2.80 bits per heavy atom. The highest BCUT2D eigenvalue weighted by molar-refractivity contribution is 7.11. The van der Waals surface area contributed by atoms with Crippen molar-refractivity contribution in [2.75, 3.05) is 0 Å². The minimum absolute atomic E-state index is 0.603. The van der Waals surface area contributed by atoms with Crippen molar-refractivity contribution in [3.8, 4) is 23.0 Å². The van der Waals surface area contributed by atoms with E-state index in [-0.39, 0.29) is 0 Å². The maximum Gasteiger partial charge on any atom is 0.193 e. The zero-order valence-electron chi connectivity index (χ0n) is 7.81. The Bertz CT molecular complexity index is 519. The maximum absolute atomic E-state index is 10.1. The van der Waals surface area contributed by atoms with Gasteiger partial charge in [-0.3, -0.25) is 9.78 Å². The summed E-state index contributed by atoms with van der Waals surface area (Å²) in [6.45, 7) is 0. The molecular weight excluding hydrogens is 206 g/mol. The lowest BCUT2D eigenvalue weighted by Crippen LogP contribution is -1.73. The van der Waals surface area contributed by atoms with Crippen molar-refractivity contribution < 1.29 is 4.79 Å². The zero-order chi connectivity index (χ0) is 10.5. The lowest BCUT2D eigenvalue weighted by molar-refractivity contribution is -0.103. The van der Waals surface area contributed by atoms with Gasteiger partial charge in [0.25, 0.3) is 0 Å². The molecule has 0 saturated heterocycles. The van der Waals surface area contributed by atoms with Crippen molar-refractivity contribution in [1.82, 2.24) is 4.98 Å². The molecule has 0 aliphatic carbocycles. The van der Waals surface area contributed by atoms with Crippen LogP contribution in [0.15, 0.2) is 36.0 Å². The molecule has 3 heteroatoms. The van der Waals surface area contributed by atoms with Crippen LogP contribution in [0.5, 0.6) is 0 Å². The molecule has 2 aromatic rings. The molecule has 2 rings (SSSR count). The molecule has 0 aliphatic heterocycles. The Balaban J connectivity index is 2.32. The number of pyridine rings is 1. The molecule has 0 amide bonds. The minimum Gasteiger partial charge on any atom is -0.289 e. The van der Waals surface area contributed by atoms with E-state index in [1.54, 1.807) is 12.4 Å².